The molecule has 0 amide bonds. The lowest BCUT2D eigenvalue weighted by Crippen LogP contribution is -2.02. The first-order chi connectivity index (χ1) is 6.77. The molecule has 1 fully saturated rings. The summed E-state index contributed by atoms with van der Waals surface area (Å²) in [7, 11) is 0. The molecule has 76 valence electrons. The zero-order valence-electron chi connectivity index (χ0n) is 8.05. The van der Waals surface area contributed by atoms with E-state index in [1.54, 1.807) is 0 Å². The van der Waals surface area contributed by atoms with Gasteiger partial charge in [0.25, 0.3) is 0 Å². The lowest BCUT2D eigenvalue weighted by molar-refractivity contribution is 0.529. The first kappa shape index (κ1) is 10.3. The third-order valence-corrected chi connectivity index (χ3v) is 3.86. The van der Waals surface area contributed by atoms with Crippen molar-refractivity contribution in [2.24, 2.45) is 5.92 Å². The molecule has 1 saturated carbocycles. The van der Waals surface area contributed by atoms with Crippen LogP contribution in [0, 0.1) is 5.92 Å². The van der Waals surface area contributed by atoms with E-state index in [2.05, 4.69) is 0 Å². The predicted molar refractivity (Wildman–Crippen MR) is 62.0 cm³/mol. The Labute approximate surface area is 95.2 Å². The lowest BCUT2D eigenvalue weighted by Gasteiger charge is -2.16. The van der Waals surface area contributed by atoms with Crippen LogP contribution in [0.4, 0.5) is 0 Å². The van der Waals surface area contributed by atoms with Crippen molar-refractivity contribution in [1.82, 2.24) is 0 Å². The van der Waals surface area contributed by atoms with Gasteiger partial charge in [-0.2, -0.15) is 0 Å². The fourth-order valence-electron chi connectivity index (χ4n) is 2.17. The molecule has 0 aliphatic heterocycles. The van der Waals surface area contributed by atoms with Gasteiger partial charge in [-0.1, -0.05) is 36.6 Å². The summed E-state index contributed by atoms with van der Waals surface area (Å²) in [6.07, 6.45) is 5.22. The molecule has 0 bridgehead atoms. The Hall–Kier alpha value is -0.200. The number of hydrogen-bond donors (Lipinski definition) is 0. The van der Waals surface area contributed by atoms with Gasteiger partial charge >= 0.3 is 0 Å². The van der Waals surface area contributed by atoms with Gasteiger partial charge in [0.2, 0.25) is 0 Å². The van der Waals surface area contributed by atoms with Crippen LogP contribution in [0.5, 0.6) is 0 Å². The topological polar surface area (TPSA) is 0 Å². The molecule has 2 heteroatoms. The van der Waals surface area contributed by atoms with Crippen LogP contribution < -0.4 is 0 Å². The van der Waals surface area contributed by atoms with Crippen molar-refractivity contribution in [3.8, 4) is 0 Å². The summed E-state index contributed by atoms with van der Waals surface area (Å²) in [5.41, 5.74) is 1.21. The molecule has 14 heavy (non-hydrogen) atoms. The smallest absolute Gasteiger partial charge is 0.0613 e. The molecular formula is C12H14Cl2. The average Bonchev–Trinajstić information content (AvgIpc) is 2.71. The zero-order valence-corrected chi connectivity index (χ0v) is 9.56. The van der Waals surface area contributed by atoms with Crippen molar-refractivity contribution >= 4 is 23.2 Å². The van der Waals surface area contributed by atoms with E-state index < -0.39 is 0 Å². The third kappa shape index (κ3) is 2.24. The molecule has 0 radical (unpaired) electrons. The zero-order chi connectivity index (χ0) is 9.97. The minimum atomic E-state index is 0.176. The van der Waals surface area contributed by atoms with Gasteiger partial charge in [0, 0.05) is 5.02 Å². The van der Waals surface area contributed by atoms with Crippen LogP contribution in [0.2, 0.25) is 5.02 Å². The molecule has 0 N–H and O–H groups in total. The molecule has 0 spiro atoms. The fraction of sp³-hybridized carbons (Fsp3) is 0.500. The first-order valence-electron chi connectivity index (χ1n) is 5.17. The summed E-state index contributed by atoms with van der Waals surface area (Å²) >= 11 is 12.3. The SMILES string of the molecule is Clc1ccc(C(Cl)C2CCCC2)cc1. The van der Waals surface area contributed by atoms with E-state index >= 15 is 0 Å². The average molecular weight is 229 g/mol. The fourth-order valence-corrected chi connectivity index (χ4v) is 2.69. The summed E-state index contributed by atoms with van der Waals surface area (Å²) in [5.74, 6) is 0.665. The van der Waals surface area contributed by atoms with Crippen LogP contribution >= 0.6 is 23.2 Å². The van der Waals surface area contributed by atoms with Crippen LogP contribution in [-0.4, -0.2) is 0 Å². The number of alkyl halides is 1. The Morgan fingerprint density at radius 1 is 1.07 bits per heavy atom. The van der Waals surface area contributed by atoms with Crippen molar-refractivity contribution in [2.75, 3.05) is 0 Å². The molecule has 0 nitrogen and oxygen atoms in total. The molecule has 1 atom stereocenters. The molecule has 1 aliphatic carbocycles. The molecule has 1 unspecified atom stereocenters. The van der Waals surface area contributed by atoms with Gasteiger partial charge in [0.1, 0.15) is 0 Å². The van der Waals surface area contributed by atoms with E-state index in [9.17, 15) is 0 Å². The van der Waals surface area contributed by atoms with E-state index in [0.29, 0.717) is 5.92 Å². The maximum Gasteiger partial charge on any atom is 0.0613 e. The second kappa shape index (κ2) is 4.55. The lowest BCUT2D eigenvalue weighted by atomic mass is 9.97. The maximum atomic E-state index is 6.42. The maximum absolute atomic E-state index is 6.42. The summed E-state index contributed by atoms with van der Waals surface area (Å²) in [4.78, 5) is 0. The van der Waals surface area contributed by atoms with Crippen molar-refractivity contribution in [1.29, 1.82) is 0 Å². The quantitative estimate of drug-likeness (QED) is 0.638. The van der Waals surface area contributed by atoms with Crippen LogP contribution in [0.3, 0.4) is 0 Å². The molecular weight excluding hydrogens is 215 g/mol. The molecule has 2 rings (SSSR count). The number of benzene rings is 1. The van der Waals surface area contributed by atoms with Gasteiger partial charge in [0.05, 0.1) is 5.38 Å². The standard InChI is InChI=1S/C12H14Cl2/c13-11-7-5-10(6-8-11)12(14)9-3-1-2-4-9/h5-9,12H,1-4H2. The highest BCUT2D eigenvalue weighted by Crippen LogP contribution is 2.39. The van der Waals surface area contributed by atoms with Crippen LogP contribution in [0.25, 0.3) is 0 Å². The van der Waals surface area contributed by atoms with Gasteiger partial charge in [-0.25, -0.2) is 0 Å². The monoisotopic (exact) mass is 228 g/mol. The third-order valence-electron chi connectivity index (χ3n) is 3.00. The molecule has 0 saturated heterocycles. The molecule has 1 aromatic rings. The second-order valence-corrected chi connectivity index (χ2v) is 4.90. The summed E-state index contributed by atoms with van der Waals surface area (Å²) < 4.78 is 0. The summed E-state index contributed by atoms with van der Waals surface area (Å²) in [6, 6.07) is 7.92. The highest BCUT2D eigenvalue weighted by atomic mass is 35.5. The van der Waals surface area contributed by atoms with Crippen molar-refractivity contribution in [3.63, 3.8) is 0 Å². The van der Waals surface area contributed by atoms with E-state index in [1.165, 1.54) is 31.2 Å². The van der Waals surface area contributed by atoms with Crippen molar-refractivity contribution in [3.05, 3.63) is 34.9 Å². The van der Waals surface area contributed by atoms with Gasteiger partial charge < -0.3 is 0 Å². The van der Waals surface area contributed by atoms with Crippen LogP contribution in [0.15, 0.2) is 24.3 Å². The van der Waals surface area contributed by atoms with Gasteiger partial charge in [-0.15, -0.1) is 11.6 Å². The minimum absolute atomic E-state index is 0.176. The van der Waals surface area contributed by atoms with E-state index in [0.717, 1.165) is 5.02 Å². The van der Waals surface area contributed by atoms with Crippen LogP contribution in [-0.2, 0) is 0 Å². The molecule has 0 heterocycles. The Morgan fingerprint density at radius 3 is 2.21 bits per heavy atom. The summed E-state index contributed by atoms with van der Waals surface area (Å²) in [5, 5.41) is 0.957. The highest BCUT2D eigenvalue weighted by Gasteiger charge is 2.24. The Morgan fingerprint density at radius 2 is 1.64 bits per heavy atom. The second-order valence-electron chi connectivity index (χ2n) is 4.00. The Balaban J connectivity index is 2.09. The number of halogens is 2. The van der Waals surface area contributed by atoms with Crippen molar-refractivity contribution < 1.29 is 0 Å². The van der Waals surface area contributed by atoms with Crippen LogP contribution in [0.1, 0.15) is 36.6 Å². The van der Waals surface area contributed by atoms with Gasteiger partial charge in [-0.3, -0.25) is 0 Å². The largest absolute Gasteiger partial charge is 0.118 e. The molecule has 1 aliphatic rings. The van der Waals surface area contributed by atoms with Gasteiger partial charge in [-0.05, 0) is 36.5 Å². The first-order valence-corrected chi connectivity index (χ1v) is 5.98. The normalized spacial score (nSPS) is 19.9. The van der Waals surface area contributed by atoms with E-state index in [-0.39, 0.29) is 5.38 Å². The Bertz CT molecular complexity index is 286. The number of hydrogen-bond acceptors (Lipinski definition) is 0. The Kier molecular flexibility index (Phi) is 3.35. The van der Waals surface area contributed by atoms with Crippen molar-refractivity contribution in [2.45, 2.75) is 31.1 Å². The van der Waals surface area contributed by atoms with E-state index in [4.69, 9.17) is 23.2 Å². The molecule has 0 aromatic heterocycles. The number of rotatable bonds is 2. The van der Waals surface area contributed by atoms with Gasteiger partial charge in [0.15, 0.2) is 0 Å². The predicted octanol–water partition coefficient (Wildman–Crippen LogP) is 4.81. The highest BCUT2D eigenvalue weighted by molar-refractivity contribution is 6.30. The summed E-state index contributed by atoms with van der Waals surface area (Å²) in [6.45, 7) is 0. The van der Waals surface area contributed by atoms with E-state index in [1.807, 2.05) is 24.3 Å². The minimum Gasteiger partial charge on any atom is -0.118 e. The molecule has 1 aromatic carbocycles.